The summed E-state index contributed by atoms with van der Waals surface area (Å²) in [6, 6.07) is 23.1. The molecule has 4 aliphatic rings. The molecule has 0 aromatic heterocycles. The summed E-state index contributed by atoms with van der Waals surface area (Å²) in [5, 5.41) is 0. The fourth-order valence-corrected chi connectivity index (χ4v) is 5.62. The van der Waals surface area contributed by atoms with E-state index in [4.69, 9.17) is 9.47 Å². The number of carbonyl (C=O) groups excluding carboxylic acids is 2. The zero-order valence-corrected chi connectivity index (χ0v) is 25.7. The first kappa shape index (κ1) is 29.1. The molecule has 42 heavy (non-hydrogen) atoms. The van der Waals surface area contributed by atoms with Crippen LogP contribution in [0.4, 0.5) is 0 Å². The number of esters is 2. The first-order chi connectivity index (χ1) is 19.9. The van der Waals surface area contributed by atoms with E-state index in [1.54, 1.807) is 24.3 Å². The molecule has 0 unspecified atom stereocenters. The predicted octanol–water partition coefficient (Wildman–Crippen LogP) is 9.82. The molecule has 1 aromatic rings. The van der Waals surface area contributed by atoms with Crippen molar-refractivity contribution in [2.45, 2.75) is 67.2 Å². The lowest BCUT2D eigenvalue weighted by molar-refractivity contribution is 0.0720. The van der Waals surface area contributed by atoms with Crippen LogP contribution in [0.2, 0.25) is 0 Å². The average molecular weight is 559 g/mol. The number of aryl methyl sites for hydroxylation is 4. The van der Waals surface area contributed by atoms with Crippen molar-refractivity contribution in [3.8, 4) is 33.8 Å². The monoisotopic (exact) mass is 558 g/mol. The lowest BCUT2D eigenvalue weighted by Crippen LogP contribution is -2.10. The molecule has 0 amide bonds. The highest BCUT2D eigenvalue weighted by atomic mass is 16.5. The van der Waals surface area contributed by atoms with E-state index in [1.165, 1.54) is 11.1 Å². The maximum atomic E-state index is 13.3. The van der Waals surface area contributed by atoms with Gasteiger partial charge in [-0.2, -0.15) is 0 Å². The van der Waals surface area contributed by atoms with Gasteiger partial charge in [0.15, 0.2) is 0 Å². The van der Waals surface area contributed by atoms with Crippen molar-refractivity contribution in [2.24, 2.45) is 0 Å². The van der Waals surface area contributed by atoms with Gasteiger partial charge >= 0.3 is 11.9 Å². The van der Waals surface area contributed by atoms with E-state index in [1.807, 2.05) is 39.8 Å². The van der Waals surface area contributed by atoms with Crippen LogP contribution in [-0.4, -0.2) is 11.9 Å². The van der Waals surface area contributed by atoms with Crippen LogP contribution in [0.1, 0.15) is 93.6 Å². The topological polar surface area (TPSA) is 52.6 Å². The highest BCUT2D eigenvalue weighted by Crippen LogP contribution is 2.38. The minimum atomic E-state index is -0.416. The molecule has 214 valence electrons. The summed E-state index contributed by atoms with van der Waals surface area (Å²) in [5.41, 5.74) is 11.6. The van der Waals surface area contributed by atoms with Gasteiger partial charge in [-0.3, -0.25) is 0 Å². The van der Waals surface area contributed by atoms with Crippen molar-refractivity contribution in [2.75, 3.05) is 0 Å². The smallest absolute Gasteiger partial charge is 0.344 e. The van der Waals surface area contributed by atoms with Gasteiger partial charge in [0.2, 0.25) is 0 Å². The van der Waals surface area contributed by atoms with Crippen molar-refractivity contribution in [1.29, 1.82) is 0 Å². The maximum Gasteiger partial charge on any atom is 0.344 e. The lowest BCUT2D eigenvalue weighted by Gasteiger charge is -2.09. The molecule has 0 aliphatic heterocycles. The molecule has 0 spiro atoms. The molecule has 0 atom stereocenters. The van der Waals surface area contributed by atoms with Crippen molar-refractivity contribution in [3.05, 3.63) is 117 Å². The quantitative estimate of drug-likeness (QED) is 0.154. The van der Waals surface area contributed by atoms with Gasteiger partial charge in [-0.25, -0.2) is 9.59 Å². The second-order valence-electron chi connectivity index (χ2n) is 11.9. The molecule has 0 radical (unpaired) electrons. The maximum absolute atomic E-state index is 13.3. The molecule has 1 aromatic carbocycles. The molecule has 0 heterocycles. The minimum absolute atomic E-state index is 0.379. The van der Waals surface area contributed by atoms with Gasteiger partial charge in [0.25, 0.3) is 0 Å². The SMILES string of the molecule is Cc1cc(C(=O)Oc2ccc(OC(=O)c3cc(C)c4cc(C(C)C)ccc(C)c3-4)cc2)c2c(C)ccc(C(C)C)cc1-2. The molecular weight excluding hydrogens is 520 g/mol. The predicted molar refractivity (Wildman–Crippen MR) is 170 cm³/mol. The summed E-state index contributed by atoms with van der Waals surface area (Å²) >= 11 is 0. The molecule has 4 heteroatoms. The van der Waals surface area contributed by atoms with Gasteiger partial charge in [0.1, 0.15) is 11.5 Å². The Balaban J connectivity index is 1.34. The first-order valence-electron chi connectivity index (χ1n) is 14.6. The van der Waals surface area contributed by atoms with Crippen molar-refractivity contribution in [1.82, 2.24) is 0 Å². The Kier molecular flexibility index (Phi) is 7.92. The molecule has 0 bridgehead atoms. The van der Waals surface area contributed by atoms with E-state index >= 15 is 0 Å². The van der Waals surface area contributed by atoms with Crippen LogP contribution in [-0.2, 0) is 0 Å². The first-order valence-corrected chi connectivity index (χ1v) is 14.6. The molecule has 0 saturated carbocycles. The molecular formula is C38H38O4. The van der Waals surface area contributed by atoms with Crippen LogP contribution >= 0.6 is 0 Å². The van der Waals surface area contributed by atoms with Crippen LogP contribution in [0.15, 0.2) is 72.8 Å². The standard InChI is InChI=1S/C38H38O4/c1-21(2)27-11-9-23(5)35-31(19-27)25(7)17-33(35)37(39)41-29-13-15-30(16-14-29)42-38(40)34-18-26(8)32-20-28(22(3)4)12-10-24(6)36(32)34/h9-22H,1-8H3. The van der Waals surface area contributed by atoms with Crippen LogP contribution in [0.3, 0.4) is 0 Å². The Morgan fingerprint density at radius 1 is 0.500 bits per heavy atom. The Labute approximate surface area is 249 Å². The summed E-state index contributed by atoms with van der Waals surface area (Å²) in [6.07, 6.45) is 0. The third-order valence-corrected chi connectivity index (χ3v) is 8.13. The van der Waals surface area contributed by atoms with Crippen LogP contribution in [0, 0.1) is 27.7 Å². The van der Waals surface area contributed by atoms with Gasteiger partial charge < -0.3 is 9.47 Å². The number of ether oxygens (including phenoxy) is 2. The third kappa shape index (κ3) is 5.54. The van der Waals surface area contributed by atoms with E-state index in [9.17, 15) is 9.59 Å². The number of rotatable bonds is 6. The van der Waals surface area contributed by atoms with E-state index in [0.29, 0.717) is 34.5 Å². The Morgan fingerprint density at radius 3 is 1.19 bits per heavy atom. The highest BCUT2D eigenvalue weighted by Gasteiger charge is 2.24. The molecule has 4 aliphatic carbocycles. The van der Waals surface area contributed by atoms with Gasteiger partial charge in [-0.1, -0.05) is 64.1 Å². The largest absolute Gasteiger partial charge is 0.423 e. The van der Waals surface area contributed by atoms with Crippen molar-refractivity contribution >= 4 is 11.9 Å². The molecule has 0 saturated heterocycles. The summed E-state index contributed by atoms with van der Waals surface area (Å²) in [7, 11) is 0. The number of benzene rings is 1. The minimum Gasteiger partial charge on any atom is -0.423 e. The summed E-state index contributed by atoms with van der Waals surface area (Å²) in [6.45, 7) is 16.7. The van der Waals surface area contributed by atoms with Gasteiger partial charge in [-0.15, -0.1) is 0 Å². The number of hydrogen-bond donors (Lipinski definition) is 0. The normalized spacial score (nSPS) is 11.5. The third-order valence-electron chi connectivity index (χ3n) is 8.13. The number of carbonyl (C=O) groups is 2. The molecule has 5 rings (SSSR count). The summed E-state index contributed by atoms with van der Waals surface area (Å²) in [4.78, 5) is 26.6. The van der Waals surface area contributed by atoms with Gasteiger partial charge in [-0.05, 0) is 132 Å². The summed E-state index contributed by atoms with van der Waals surface area (Å²) in [5.74, 6) is 0.688. The molecule has 0 fully saturated rings. The van der Waals surface area contributed by atoms with Crippen molar-refractivity contribution in [3.63, 3.8) is 0 Å². The highest BCUT2D eigenvalue weighted by molar-refractivity contribution is 6.03. The fourth-order valence-electron chi connectivity index (χ4n) is 5.62. The van der Waals surface area contributed by atoms with Crippen LogP contribution < -0.4 is 9.47 Å². The van der Waals surface area contributed by atoms with Crippen molar-refractivity contribution < 1.29 is 19.1 Å². The van der Waals surface area contributed by atoms with E-state index in [-0.39, 0.29) is 0 Å². The van der Waals surface area contributed by atoms with Gasteiger partial charge in [0, 0.05) is 0 Å². The lowest BCUT2D eigenvalue weighted by atomic mass is 10.0. The van der Waals surface area contributed by atoms with E-state index < -0.39 is 11.9 Å². The number of fused-ring (bicyclic) bond motifs is 2. The van der Waals surface area contributed by atoms with E-state index in [2.05, 4.69) is 64.1 Å². The number of hydrogen-bond acceptors (Lipinski definition) is 4. The zero-order valence-electron chi connectivity index (χ0n) is 25.7. The fraction of sp³-hybridized carbons (Fsp3) is 0.263. The molecule has 0 N–H and O–H groups in total. The van der Waals surface area contributed by atoms with Crippen LogP contribution in [0.25, 0.3) is 22.3 Å². The molecule has 4 nitrogen and oxygen atoms in total. The average Bonchev–Trinajstić information content (AvgIpc) is 3.29. The Hall–Kier alpha value is -4.44. The van der Waals surface area contributed by atoms with Gasteiger partial charge in [0.05, 0.1) is 11.1 Å². The second-order valence-corrected chi connectivity index (χ2v) is 11.9. The second kappa shape index (κ2) is 11.4. The summed E-state index contributed by atoms with van der Waals surface area (Å²) < 4.78 is 11.5. The Morgan fingerprint density at radius 2 is 0.857 bits per heavy atom. The van der Waals surface area contributed by atoms with E-state index in [0.717, 1.165) is 44.5 Å². The Bertz CT molecular complexity index is 1610. The zero-order chi connectivity index (χ0) is 30.3. The van der Waals surface area contributed by atoms with Crippen LogP contribution in [0.5, 0.6) is 11.5 Å².